The molecule has 2 N–H and O–H groups in total. The molecule has 7 nitrogen and oxygen atoms in total. The molecule has 0 spiro atoms. The number of nitrogens with one attached hydrogen (secondary N) is 1. The summed E-state index contributed by atoms with van der Waals surface area (Å²) < 4.78 is 5.58. The fourth-order valence-electron chi connectivity index (χ4n) is 4.41. The first-order valence-corrected chi connectivity index (χ1v) is 11.8. The first-order valence-electron chi connectivity index (χ1n) is 11.8. The number of hydrogen-bond acceptors (Lipinski definition) is 4. The lowest BCUT2D eigenvalue weighted by Gasteiger charge is -2.36. The molecule has 0 aliphatic heterocycles. The molecule has 2 aromatic rings. The van der Waals surface area contributed by atoms with Crippen LogP contribution in [0.2, 0.25) is 0 Å². The molecule has 0 heterocycles. The van der Waals surface area contributed by atoms with Gasteiger partial charge in [-0.15, -0.1) is 0 Å². The van der Waals surface area contributed by atoms with Crippen molar-refractivity contribution in [1.82, 2.24) is 10.2 Å². The minimum Gasteiger partial charge on any atom is -0.480 e. The smallest absolute Gasteiger partial charge is 0.407 e. The third kappa shape index (κ3) is 5.24. The van der Waals surface area contributed by atoms with E-state index in [1.54, 1.807) is 6.92 Å². The van der Waals surface area contributed by atoms with Gasteiger partial charge in [0.1, 0.15) is 13.2 Å². The van der Waals surface area contributed by atoms with Crippen molar-refractivity contribution in [1.29, 1.82) is 0 Å². The number of benzene rings is 2. The summed E-state index contributed by atoms with van der Waals surface area (Å²) in [6.07, 6.45) is 0.489. The molecular weight excluding hydrogens is 432 g/mol. The van der Waals surface area contributed by atoms with Gasteiger partial charge in [0.25, 0.3) is 0 Å². The van der Waals surface area contributed by atoms with E-state index in [9.17, 15) is 19.5 Å². The van der Waals surface area contributed by atoms with Gasteiger partial charge in [-0.3, -0.25) is 9.59 Å². The summed E-state index contributed by atoms with van der Waals surface area (Å²) in [4.78, 5) is 38.5. The van der Waals surface area contributed by atoms with Crippen LogP contribution < -0.4 is 5.32 Å². The van der Waals surface area contributed by atoms with Crippen LogP contribution in [-0.2, 0) is 14.3 Å². The van der Waals surface area contributed by atoms with Crippen molar-refractivity contribution in [3.63, 3.8) is 0 Å². The van der Waals surface area contributed by atoms with E-state index in [4.69, 9.17) is 4.74 Å². The number of rotatable bonds is 10. The van der Waals surface area contributed by atoms with Crippen molar-refractivity contribution in [3.05, 3.63) is 59.7 Å². The van der Waals surface area contributed by atoms with E-state index >= 15 is 0 Å². The Labute approximate surface area is 201 Å². The van der Waals surface area contributed by atoms with Gasteiger partial charge < -0.3 is 20.1 Å². The fraction of sp³-hybridized carbons (Fsp3) is 0.444. The van der Waals surface area contributed by atoms with Gasteiger partial charge in [0.15, 0.2) is 0 Å². The monoisotopic (exact) mass is 466 g/mol. The average Bonchev–Trinajstić information content (AvgIpc) is 3.17. The average molecular weight is 467 g/mol. The lowest BCUT2D eigenvalue weighted by Crippen LogP contribution is -2.52. The number of fused-ring (bicyclic) bond motifs is 3. The molecule has 3 rings (SSSR count). The third-order valence-electron chi connectivity index (χ3n) is 6.95. The number of carboxylic acids is 1. The van der Waals surface area contributed by atoms with E-state index in [1.807, 2.05) is 45.0 Å². The summed E-state index contributed by atoms with van der Waals surface area (Å²) in [6, 6.07) is 16.0. The van der Waals surface area contributed by atoms with Crippen LogP contribution >= 0.6 is 0 Å². The molecule has 2 aromatic carbocycles. The molecule has 1 aliphatic carbocycles. The minimum atomic E-state index is -1.06. The van der Waals surface area contributed by atoms with Crippen molar-refractivity contribution in [3.8, 4) is 11.1 Å². The summed E-state index contributed by atoms with van der Waals surface area (Å²) in [7, 11) is 0. The van der Waals surface area contributed by atoms with Crippen LogP contribution in [0.4, 0.5) is 4.79 Å². The number of carbonyl (C=O) groups excluding carboxylic acids is 2. The number of aliphatic carboxylic acids is 1. The number of nitrogens with zero attached hydrogens (tertiary/aromatic N) is 1. The summed E-state index contributed by atoms with van der Waals surface area (Å²) in [6.45, 7) is 7.22. The zero-order valence-corrected chi connectivity index (χ0v) is 20.3. The van der Waals surface area contributed by atoms with Gasteiger partial charge in [-0.1, -0.05) is 62.4 Å². The standard InChI is InChI=1S/C27H34N2O5/c1-5-18(3)29(15-24(30)31)25(32)27(4,6-2)17-28-26(33)34-16-23-21-13-9-7-11-19(21)20-12-8-10-14-22(20)23/h7-14,18,23H,5-6,15-17H2,1-4H3,(H,28,33)(H,30,31). The molecule has 0 saturated heterocycles. The van der Waals surface area contributed by atoms with Gasteiger partial charge in [-0.2, -0.15) is 0 Å². The van der Waals surface area contributed by atoms with Gasteiger partial charge in [-0.25, -0.2) is 4.79 Å². The van der Waals surface area contributed by atoms with E-state index < -0.39 is 17.5 Å². The second-order valence-electron chi connectivity index (χ2n) is 9.18. The van der Waals surface area contributed by atoms with Crippen LogP contribution in [0.5, 0.6) is 0 Å². The van der Waals surface area contributed by atoms with Gasteiger partial charge in [0.05, 0.1) is 5.41 Å². The molecule has 34 heavy (non-hydrogen) atoms. The molecular formula is C27H34N2O5. The van der Waals surface area contributed by atoms with Gasteiger partial charge >= 0.3 is 12.1 Å². The van der Waals surface area contributed by atoms with Crippen molar-refractivity contribution in [2.75, 3.05) is 19.7 Å². The van der Waals surface area contributed by atoms with Crippen molar-refractivity contribution in [2.45, 2.75) is 52.5 Å². The van der Waals surface area contributed by atoms with Crippen LogP contribution in [0.15, 0.2) is 48.5 Å². The number of hydrogen-bond donors (Lipinski definition) is 2. The molecule has 0 radical (unpaired) electrons. The minimum absolute atomic E-state index is 0.0474. The molecule has 2 amide bonds. The Balaban J connectivity index is 1.65. The second kappa shape index (κ2) is 10.7. The van der Waals surface area contributed by atoms with Gasteiger partial charge in [-0.05, 0) is 48.9 Å². The molecule has 7 heteroatoms. The zero-order chi connectivity index (χ0) is 24.9. The molecule has 0 aromatic heterocycles. The highest BCUT2D eigenvalue weighted by molar-refractivity contribution is 5.86. The first-order chi connectivity index (χ1) is 16.2. The Bertz CT molecular complexity index is 1010. The van der Waals surface area contributed by atoms with E-state index in [0.29, 0.717) is 12.8 Å². The van der Waals surface area contributed by atoms with E-state index in [1.165, 1.54) is 4.90 Å². The lowest BCUT2D eigenvalue weighted by atomic mass is 9.85. The van der Waals surface area contributed by atoms with Crippen LogP contribution in [0.1, 0.15) is 57.6 Å². The molecule has 1 aliphatic rings. The highest BCUT2D eigenvalue weighted by Crippen LogP contribution is 2.44. The number of alkyl carbamates (subject to hydrolysis) is 1. The SMILES string of the molecule is CCC(C)N(CC(=O)O)C(=O)C(C)(CC)CNC(=O)OCC1c2ccccc2-c2ccccc21. The van der Waals surface area contributed by atoms with Crippen LogP contribution in [0, 0.1) is 5.41 Å². The molecule has 2 atom stereocenters. The summed E-state index contributed by atoms with van der Waals surface area (Å²) in [5.41, 5.74) is 3.62. The Kier molecular flexibility index (Phi) is 7.97. The van der Waals surface area contributed by atoms with Crippen LogP contribution in [0.3, 0.4) is 0 Å². The Hall–Kier alpha value is -3.35. The quantitative estimate of drug-likeness (QED) is 0.531. The number of amides is 2. The van der Waals surface area contributed by atoms with E-state index in [-0.39, 0.29) is 37.6 Å². The maximum absolute atomic E-state index is 13.3. The van der Waals surface area contributed by atoms with Crippen molar-refractivity contribution >= 4 is 18.0 Å². The lowest BCUT2D eigenvalue weighted by molar-refractivity contribution is -0.151. The van der Waals surface area contributed by atoms with E-state index in [0.717, 1.165) is 22.3 Å². The molecule has 0 fully saturated rings. The summed E-state index contributed by atoms with van der Waals surface area (Å²) >= 11 is 0. The van der Waals surface area contributed by atoms with Crippen molar-refractivity contribution in [2.24, 2.45) is 5.41 Å². The predicted molar refractivity (Wildman–Crippen MR) is 131 cm³/mol. The highest BCUT2D eigenvalue weighted by atomic mass is 16.5. The highest BCUT2D eigenvalue weighted by Gasteiger charge is 2.38. The molecule has 2 unspecified atom stereocenters. The first kappa shape index (κ1) is 25.3. The van der Waals surface area contributed by atoms with Crippen LogP contribution in [0.25, 0.3) is 11.1 Å². The third-order valence-corrected chi connectivity index (χ3v) is 6.95. The predicted octanol–water partition coefficient (Wildman–Crippen LogP) is 4.65. The normalized spacial score (nSPS) is 14.9. The maximum Gasteiger partial charge on any atom is 0.407 e. The largest absolute Gasteiger partial charge is 0.480 e. The summed E-state index contributed by atoms with van der Waals surface area (Å²) in [5.74, 6) is -1.39. The van der Waals surface area contributed by atoms with E-state index in [2.05, 4.69) is 29.6 Å². The van der Waals surface area contributed by atoms with Gasteiger partial charge in [0, 0.05) is 18.5 Å². The van der Waals surface area contributed by atoms with Crippen LogP contribution in [-0.4, -0.2) is 53.7 Å². The second-order valence-corrected chi connectivity index (χ2v) is 9.18. The maximum atomic E-state index is 13.3. The zero-order valence-electron chi connectivity index (χ0n) is 20.3. The number of carbonyl (C=O) groups is 3. The van der Waals surface area contributed by atoms with Gasteiger partial charge in [0.2, 0.25) is 5.91 Å². The molecule has 182 valence electrons. The number of carboxylic acid groups (broad SMARTS) is 1. The summed E-state index contributed by atoms with van der Waals surface area (Å²) in [5, 5.41) is 12.0. The van der Waals surface area contributed by atoms with Crippen molar-refractivity contribution < 1.29 is 24.2 Å². The Morgan fingerprint density at radius 1 is 1.06 bits per heavy atom. The topological polar surface area (TPSA) is 95.9 Å². The molecule has 0 bridgehead atoms. The fourth-order valence-corrected chi connectivity index (χ4v) is 4.41. The molecule has 0 saturated carbocycles. The Morgan fingerprint density at radius 2 is 1.62 bits per heavy atom. The Morgan fingerprint density at radius 3 is 2.12 bits per heavy atom. The number of ether oxygens (including phenoxy) is 1.